The highest BCUT2D eigenvalue weighted by Gasteiger charge is 2.44. The van der Waals surface area contributed by atoms with E-state index in [1.54, 1.807) is 0 Å². The van der Waals surface area contributed by atoms with E-state index in [9.17, 15) is 9.18 Å². The minimum atomic E-state index is -1.25. The van der Waals surface area contributed by atoms with Crippen molar-refractivity contribution in [3.63, 3.8) is 0 Å². The minimum absolute atomic E-state index is 0.0307. The first kappa shape index (κ1) is 15.3. The molecule has 1 aromatic rings. The molecule has 0 unspecified atom stereocenters. The Morgan fingerprint density at radius 2 is 1.86 bits per heavy atom. The molecule has 1 aliphatic carbocycles. The fourth-order valence-corrected chi connectivity index (χ4v) is 2.93. The van der Waals surface area contributed by atoms with Gasteiger partial charge in [-0.25, -0.2) is 4.39 Å². The first-order valence-corrected chi connectivity index (χ1v) is 7.90. The smallest absolute Gasteiger partial charge is 0.227 e. The summed E-state index contributed by atoms with van der Waals surface area (Å²) >= 11 is 0. The van der Waals surface area contributed by atoms with Crippen LogP contribution in [0.1, 0.15) is 30.4 Å². The zero-order valence-electron chi connectivity index (χ0n) is 13.2. The second-order valence-electron chi connectivity index (χ2n) is 6.43. The second-order valence-corrected chi connectivity index (χ2v) is 6.43. The molecule has 2 aliphatic rings. The van der Waals surface area contributed by atoms with Gasteiger partial charge in [0.1, 0.15) is 5.67 Å². The van der Waals surface area contributed by atoms with Crippen LogP contribution in [0.4, 0.5) is 15.8 Å². The van der Waals surface area contributed by atoms with Crippen LogP contribution in [-0.4, -0.2) is 37.9 Å². The number of carbonyl (C=O) groups is 1. The molecule has 5 heteroatoms. The molecule has 1 amide bonds. The highest BCUT2D eigenvalue weighted by molar-refractivity contribution is 5.93. The molecule has 0 atom stereocenters. The van der Waals surface area contributed by atoms with Gasteiger partial charge in [-0.2, -0.15) is 0 Å². The van der Waals surface area contributed by atoms with Crippen LogP contribution in [0.2, 0.25) is 0 Å². The lowest BCUT2D eigenvalue weighted by Gasteiger charge is -2.30. The SMILES string of the molecule is Cc1cc(N2CCOCC2)cc(C)c1NC(=O)CC1(F)CC1. The van der Waals surface area contributed by atoms with E-state index in [0.29, 0.717) is 12.8 Å². The Bertz CT molecular complexity index is 555. The predicted octanol–water partition coefficient (Wildman–Crippen LogP) is 2.97. The molecule has 1 N–H and O–H groups in total. The number of nitrogens with zero attached hydrogens (tertiary/aromatic N) is 1. The monoisotopic (exact) mass is 306 g/mol. The number of rotatable bonds is 4. The van der Waals surface area contributed by atoms with Gasteiger partial charge in [0.15, 0.2) is 0 Å². The molecule has 0 radical (unpaired) electrons. The Hall–Kier alpha value is -1.62. The van der Waals surface area contributed by atoms with Crippen LogP contribution in [0.15, 0.2) is 12.1 Å². The summed E-state index contributed by atoms with van der Waals surface area (Å²) in [7, 11) is 0. The number of anilines is 2. The van der Waals surface area contributed by atoms with Crippen LogP contribution in [-0.2, 0) is 9.53 Å². The van der Waals surface area contributed by atoms with Crippen LogP contribution in [0.5, 0.6) is 0 Å². The summed E-state index contributed by atoms with van der Waals surface area (Å²) < 4.78 is 19.1. The van der Waals surface area contributed by atoms with Crippen LogP contribution in [0, 0.1) is 13.8 Å². The fourth-order valence-electron chi connectivity index (χ4n) is 2.93. The molecule has 120 valence electrons. The third-order valence-corrected chi connectivity index (χ3v) is 4.43. The van der Waals surface area contributed by atoms with E-state index in [1.807, 2.05) is 13.8 Å². The zero-order valence-corrected chi connectivity index (χ0v) is 13.2. The molecule has 1 aliphatic heterocycles. The van der Waals surface area contributed by atoms with Gasteiger partial charge in [-0.15, -0.1) is 0 Å². The first-order chi connectivity index (χ1) is 10.5. The van der Waals surface area contributed by atoms with E-state index in [-0.39, 0.29) is 12.3 Å². The topological polar surface area (TPSA) is 41.6 Å². The lowest BCUT2D eigenvalue weighted by Crippen LogP contribution is -2.36. The Morgan fingerprint density at radius 1 is 1.27 bits per heavy atom. The van der Waals surface area contributed by atoms with Crippen molar-refractivity contribution in [3.8, 4) is 0 Å². The van der Waals surface area contributed by atoms with Crippen molar-refractivity contribution < 1.29 is 13.9 Å². The number of amides is 1. The van der Waals surface area contributed by atoms with Crippen LogP contribution in [0.25, 0.3) is 0 Å². The molecule has 0 aromatic heterocycles. The lowest BCUT2D eigenvalue weighted by molar-refractivity contribution is -0.117. The van der Waals surface area contributed by atoms with Gasteiger partial charge in [-0.3, -0.25) is 4.79 Å². The van der Waals surface area contributed by atoms with E-state index < -0.39 is 5.67 Å². The van der Waals surface area contributed by atoms with E-state index >= 15 is 0 Å². The Balaban J connectivity index is 1.73. The molecule has 3 rings (SSSR count). The van der Waals surface area contributed by atoms with Crippen molar-refractivity contribution in [2.75, 3.05) is 36.5 Å². The number of hydrogen-bond donors (Lipinski definition) is 1. The van der Waals surface area contributed by atoms with Gasteiger partial charge >= 0.3 is 0 Å². The molecule has 2 fully saturated rings. The van der Waals surface area contributed by atoms with E-state index in [1.165, 1.54) is 0 Å². The van der Waals surface area contributed by atoms with Crippen LogP contribution >= 0.6 is 0 Å². The van der Waals surface area contributed by atoms with Gasteiger partial charge in [0, 0.05) is 24.5 Å². The highest BCUT2D eigenvalue weighted by atomic mass is 19.1. The Labute approximate surface area is 130 Å². The number of nitrogens with one attached hydrogen (secondary N) is 1. The molecule has 0 bridgehead atoms. The number of halogens is 1. The maximum absolute atomic E-state index is 13.7. The Morgan fingerprint density at radius 3 is 2.41 bits per heavy atom. The second kappa shape index (κ2) is 5.88. The fraction of sp³-hybridized carbons (Fsp3) is 0.588. The molecule has 1 aromatic carbocycles. The number of morpholine rings is 1. The number of carbonyl (C=O) groups excluding carboxylic acids is 1. The molecular formula is C17H23FN2O2. The maximum Gasteiger partial charge on any atom is 0.227 e. The average molecular weight is 306 g/mol. The predicted molar refractivity (Wildman–Crippen MR) is 85.3 cm³/mol. The molecule has 0 spiro atoms. The number of aryl methyl sites for hydroxylation is 2. The normalized spacial score (nSPS) is 19.9. The zero-order chi connectivity index (χ0) is 15.7. The van der Waals surface area contributed by atoms with Crippen molar-refractivity contribution in [1.82, 2.24) is 0 Å². The molecule has 1 heterocycles. The summed E-state index contributed by atoms with van der Waals surface area (Å²) in [4.78, 5) is 14.3. The molecule has 1 saturated carbocycles. The van der Waals surface area contributed by atoms with E-state index in [0.717, 1.165) is 48.8 Å². The first-order valence-electron chi connectivity index (χ1n) is 7.90. The lowest BCUT2D eigenvalue weighted by atomic mass is 10.1. The van der Waals surface area contributed by atoms with Gasteiger partial charge in [-0.05, 0) is 49.9 Å². The van der Waals surface area contributed by atoms with Gasteiger partial charge < -0.3 is 15.0 Å². The quantitative estimate of drug-likeness (QED) is 0.930. The molecule has 1 saturated heterocycles. The average Bonchev–Trinajstić information content (AvgIpc) is 3.20. The summed E-state index contributed by atoms with van der Waals surface area (Å²) in [6.07, 6.45) is 0.986. The molecule has 22 heavy (non-hydrogen) atoms. The Kier molecular flexibility index (Phi) is 4.08. The highest BCUT2D eigenvalue weighted by Crippen LogP contribution is 2.43. The van der Waals surface area contributed by atoms with Crippen molar-refractivity contribution in [1.29, 1.82) is 0 Å². The number of benzene rings is 1. The maximum atomic E-state index is 13.7. The third-order valence-electron chi connectivity index (χ3n) is 4.43. The van der Waals surface area contributed by atoms with Crippen molar-refractivity contribution in [3.05, 3.63) is 23.3 Å². The van der Waals surface area contributed by atoms with Crippen molar-refractivity contribution >= 4 is 17.3 Å². The summed E-state index contributed by atoms with van der Waals surface area (Å²) in [6, 6.07) is 4.16. The van der Waals surface area contributed by atoms with Gasteiger partial charge in [-0.1, -0.05) is 0 Å². The minimum Gasteiger partial charge on any atom is -0.378 e. The van der Waals surface area contributed by atoms with Gasteiger partial charge in [0.2, 0.25) is 5.91 Å². The van der Waals surface area contributed by atoms with Gasteiger partial charge in [0.05, 0.1) is 19.6 Å². The number of ether oxygens (including phenoxy) is 1. The van der Waals surface area contributed by atoms with Gasteiger partial charge in [0.25, 0.3) is 0 Å². The summed E-state index contributed by atoms with van der Waals surface area (Å²) in [5, 5.41) is 2.88. The van der Waals surface area contributed by atoms with Crippen molar-refractivity contribution in [2.24, 2.45) is 0 Å². The molecule has 4 nitrogen and oxygen atoms in total. The van der Waals surface area contributed by atoms with E-state index in [2.05, 4.69) is 22.3 Å². The standard InChI is InChI=1S/C17H23FN2O2/c1-12-9-14(20-5-7-22-8-6-20)10-13(2)16(12)19-15(21)11-17(18)3-4-17/h9-10H,3-8,11H2,1-2H3,(H,19,21). The summed E-state index contributed by atoms with van der Waals surface area (Å²) in [6.45, 7) is 7.22. The third kappa shape index (κ3) is 3.40. The number of hydrogen-bond acceptors (Lipinski definition) is 3. The van der Waals surface area contributed by atoms with Crippen molar-refractivity contribution in [2.45, 2.75) is 38.8 Å². The number of alkyl halides is 1. The largest absolute Gasteiger partial charge is 0.378 e. The summed E-state index contributed by atoms with van der Waals surface area (Å²) in [5.41, 5.74) is 2.74. The van der Waals surface area contributed by atoms with Crippen LogP contribution in [0.3, 0.4) is 0 Å². The van der Waals surface area contributed by atoms with E-state index in [4.69, 9.17) is 4.74 Å². The summed E-state index contributed by atoms with van der Waals surface area (Å²) in [5.74, 6) is -0.231. The van der Waals surface area contributed by atoms with Crippen LogP contribution < -0.4 is 10.2 Å². The molecular weight excluding hydrogens is 283 g/mol.